The third kappa shape index (κ3) is 3.09. The van der Waals surface area contributed by atoms with Crippen molar-refractivity contribution in [3.63, 3.8) is 0 Å². The first-order valence-corrected chi connectivity index (χ1v) is 8.53. The number of aromatic hydroxyl groups is 2. The molecule has 0 unspecified atom stereocenters. The fraction of sp³-hybridized carbons (Fsp3) is 0.0476. The number of amides is 3. The largest absolute Gasteiger partial charge is 0.507 e. The number of rotatable bonds is 2. The number of hydrogen-bond donors (Lipinski definition) is 4. The Morgan fingerprint density at radius 2 is 1.32 bits per heavy atom. The number of phenolic OH excluding ortho intramolecular Hbond substituents is 2. The lowest BCUT2D eigenvalue weighted by atomic mass is 9.95. The SMILES string of the molecule is O=C(NC(=O)c1c(O)cccc1O)NC1c2ccccc2Oc2ccccc21. The van der Waals surface area contributed by atoms with E-state index in [2.05, 4.69) is 10.6 Å². The van der Waals surface area contributed by atoms with Gasteiger partial charge in [-0.1, -0.05) is 42.5 Å². The zero-order chi connectivity index (χ0) is 19.7. The Morgan fingerprint density at radius 1 is 0.786 bits per heavy atom. The quantitative estimate of drug-likeness (QED) is 0.548. The molecule has 1 aliphatic heterocycles. The van der Waals surface area contributed by atoms with E-state index >= 15 is 0 Å². The number of ether oxygens (including phenoxy) is 1. The van der Waals surface area contributed by atoms with Gasteiger partial charge in [-0.25, -0.2) is 4.79 Å². The van der Waals surface area contributed by atoms with E-state index in [1.54, 1.807) is 12.1 Å². The maximum absolute atomic E-state index is 12.5. The summed E-state index contributed by atoms with van der Waals surface area (Å²) in [5, 5.41) is 24.5. The molecule has 0 aliphatic carbocycles. The van der Waals surface area contributed by atoms with Crippen LogP contribution >= 0.6 is 0 Å². The summed E-state index contributed by atoms with van der Waals surface area (Å²) in [5.74, 6) is -0.548. The smallest absolute Gasteiger partial charge is 0.322 e. The van der Waals surface area contributed by atoms with Crippen LogP contribution in [0.4, 0.5) is 4.79 Å². The lowest BCUT2D eigenvalue weighted by Gasteiger charge is -2.28. The summed E-state index contributed by atoms with van der Waals surface area (Å²) >= 11 is 0. The van der Waals surface area contributed by atoms with Crippen LogP contribution in [0.5, 0.6) is 23.0 Å². The van der Waals surface area contributed by atoms with E-state index in [0.717, 1.165) is 11.1 Å². The van der Waals surface area contributed by atoms with Crippen molar-refractivity contribution in [2.24, 2.45) is 0 Å². The lowest BCUT2D eigenvalue weighted by Crippen LogP contribution is -2.42. The van der Waals surface area contributed by atoms with Crippen LogP contribution in [0.15, 0.2) is 66.7 Å². The van der Waals surface area contributed by atoms with E-state index in [4.69, 9.17) is 4.74 Å². The Labute approximate surface area is 160 Å². The highest BCUT2D eigenvalue weighted by atomic mass is 16.5. The van der Waals surface area contributed by atoms with E-state index in [9.17, 15) is 19.8 Å². The molecule has 0 atom stereocenters. The first kappa shape index (κ1) is 17.4. The molecule has 0 radical (unpaired) electrons. The molecule has 7 heteroatoms. The number of nitrogens with one attached hydrogen (secondary N) is 2. The van der Waals surface area contributed by atoms with Crippen molar-refractivity contribution in [1.29, 1.82) is 0 Å². The van der Waals surface area contributed by atoms with Gasteiger partial charge in [-0.3, -0.25) is 10.1 Å². The summed E-state index contributed by atoms with van der Waals surface area (Å²) < 4.78 is 5.87. The minimum Gasteiger partial charge on any atom is -0.507 e. The number of hydrogen-bond acceptors (Lipinski definition) is 5. The van der Waals surface area contributed by atoms with E-state index in [1.165, 1.54) is 18.2 Å². The standard InChI is InChI=1S/C21H16N2O5/c24-14-8-5-9-15(25)18(14)20(26)23-21(27)22-19-12-6-1-3-10-16(12)28-17-11-4-2-7-13(17)19/h1-11,19,24-25H,(H2,22,23,26,27). The predicted molar refractivity (Wildman–Crippen MR) is 101 cm³/mol. The van der Waals surface area contributed by atoms with Gasteiger partial charge in [0.2, 0.25) is 0 Å². The number of para-hydroxylation sites is 2. The monoisotopic (exact) mass is 376 g/mol. The molecule has 1 aliphatic rings. The maximum atomic E-state index is 12.5. The highest BCUT2D eigenvalue weighted by Gasteiger charge is 2.29. The minimum absolute atomic E-state index is 0.370. The van der Waals surface area contributed by atoms with Crippen LogP contribution in [0.2, 0.25) is 0 Å². The Bertz CT molecular complexity index is 1010. The number of fused-ring (bicyclic) bond motifs is 2. The van der Waals surface area contributed by atoms with Gasteiger partial charge in [-0.2, -0.15) is 0 Å². The molecule has 0 spiro atoms. The predicted octanol–water partition coefficient (Wildman–Crippen LogP) is 3.43. The minimum atomic E-state index is -0.915. The lowest BCUT2D eigenvalue weighted by molar-refractivity contribution is 0.0958. The number of carbonyl (C=O) groups excluding carboxylic acids is 2. The molecule has 3 aromatic rings. The van der Waals surface area contributed by atoms with Gasteiger partial charge in [-0.05, 0) is 24.3 Å². The van der Waals surface area contributed by atoms with Gasteiger partial charge < -0.3 is 20.3 Å². The molecule has 3 amide bonds. The highest BCUT2D eigenvalue weighted by molar-refractivity contribution is 6.07. The first-order valence-electron chi connectivity index (χ1n) is 8.53. The Morgan fingerprint density at radius 3 is 1.89 bits per heavy atom. The summed E-state index contributed by atoms with van der Waals surface area (Å²) in [7, 11) is 0. The van der Waals surface area contributed by atoms with Crippen LogP contribution in [0.1, 0.15) is 27.5 Å². The molecule has 140 valence electrons. The molecule has 0 fully saturated rings. The molecule has 0 bridgehead atoms. The van der Waals surface area contributed by atoms with Crippen LogP contribution in [0, 0.1) is 0 Å². The summed E-state index contributed by atoms with van der Waals surface area (Å²) in [4.78, 5) is 24.8. The van der Waals surface area contributed by atoms with Crippen molar-refractivity contribution in [1.82, 2.24) is 10.6 Å². The molecule has 0 saturated carbocycles. The number of urea groups is 1. The van der Waals surface area contributed by atoms with Gasteiger partial charge in [0, 0.05) is 11.1 Å². The van der Waals surface area contributed by atoms with Crippen molar-refractivity contribution < 1.29 is 24.5 Å². The average molecular weight is 376 g/mol. The molecule has 7 nitrogen and oxygen atoms in total. The van der Waals surface area contributed by atoms with Crippen molar-refractivity contribution in [2.75, 3.05) is 0 Å². The zero-order valence-electron chi connectivity index (χ0n) is 14.5. The van der Waals surface area contributed by atoms with Gasteiger partial charge in [0.1, 0.15) is 28.6 Å². The fourth-order valence-electron chi connectivity index (χ4n) is 3.16. The van der Waals surface area contributed by atoms with Crippen molar-refractivity contribution >= 4 is 11.9 Å². The van der Waals surface area contributed by atoms with E-state index < -0.39 is 29.5 Å². The Balaban J connectivity index is 1.59. The summed E-state index contributed by atoms with van der Waals surface area (Å²) in [6.45, 7) is 0. The van der Waals surface area contributed by atoms with E-state index in [1.807, 2.05) is 36.4 Å². The van der Waals surface area contributed by atoms with Crippen molar-refractivity contribution in [3.05, 3.63) is 83.4 Å². The molecule has 1 heterocycles. The molecule has 4 rings (SSSR count). The van der Waals surface area contributed by atoms with Crippen LogP contribution in [0.25, 0.3) is 0 Å². The van der Waals surface area contributed by atoms with Crippen molar-refractivity contribution in [2.45, 2.75) is 6.04 Å². The van der Waals surface area contributed by atoms with Crippen LogP contribution in [-0.4, -0.2) is 22.2 Å². The van der Waals surface area contributed by atoms with Gasteiger partial charge in [0.25, 0.3) is 5.91 Å². The first-order chi connectivity index (χ1) is 13.5. The zero-order valence-corrected chi connectivity index (χ0v) is 14.5. The van der Waals surface area contributed by atoms with Crippen molar-refractivity contribution in [3.8, 4) is 23.0 Å². The topological polar surface area (TPSA) is 108 Å². The van der Waals surface area contributed by atoms with Crippen LogP contribution < -0.4 is 15.4 Å². The third-order valence-electron chi connectivity index (χ3n) is 4.43. The molecule has 0 saturated heterocycles. The normalized spacial score (nSPS) is 12.3. The van der Waals surface area contributed by atoms with Crippen LogP contribution in [0.3, 0.4) is 0 Å². The van der Waals surface area contributed by atoms with Gasteiger partial charge in [-0.15, -0.1) is 0 Å². The van der Waals surface area contributed by atoms with Crippen LogP contribution in [-0.2, 0) is 0 Å². The summed E-state index contributed by atoms with van der Waals surface area (Å²) in [6, 6.07) is 17.1. The maximum Gasteiger partial charge on any atom is 0.322 e. The summed E-state index contributed by atoms with van der Waals surface area (Å²) in [5.41, 5.74) is 1.12. The molecule has 3 aromatic carbocycles. The molecular formula is C21H16N2O5. The fourth-order valence-corrected chi connectivity index (χ4v) is 3.16. The number of imide groups is 1. The molecule has 28 heavy (non-hydrogen) atoms. The number of carbonyl (C=O) groups is 2. The van der Waals surface area contributed by atoms with E-state index in [0.29, 0.717) is 11.5 Å². The molecule has 4 N–H and O–H groups in total. The Kier molecular flexibility index (Phi) is 4.33. The van der Waals surface area contributed by atoms with Gasteiger partial charge in [0.05, 0.1) is 6.04 Å². The third-order valence-corrected chi connectivity index (χ3v) is 4.43. The average Bonchev–Trinajstić information content (AvgIpc) is 2.67. The molecular weight excluding hydrogens is 360 g/mol. The van der Waals surface area contributed by atoms with Gasteiger partial charge in [0.15, 0.2) is 0 Å². The summed E-state index contributed by atoms with van der Waals surface area (Å²) in [6.07, 6.45) is 0. The highest BCUT2D eigenvalue weighted by Crippen LogP contribution is 2.42. The van der Waals surface area contributed by atoms with E-state index in [-0.39, 0.29) is 5.56 Å². The number of benzene rings is 3. The van der Waals surface area contributed by atoms with Gasteiger partial charge >= 0.3 is 6.03 Å². The molecule has 0 aromatic heterocycles. The second kappa shape index (κ2) is 6.96. The Hall–Kier alpha value is -4.00. The second-order valence-corrected chi connectivity index (χ2v) is 6.21. The second-order valence-electron chi connectivity index (χ2n) is 6.21. The number of phenols is 2.